The van der Waals surface area contributed by atoms with Gasteiger partial charge in [0.2, 0.25) is 5.91 Å². The largest absolute Gasteiger partial charge is 0.315 e. The molecule has 0 saturated carbocycles. The SMILES string of the molecule is C=CC1C(C(=O)N(C)c2ccccc2)C(C=O)C(C=O)N1Cc1cc(F)ccc1F. The fourth-order valence-corrected chi connectivity index (χ4v) is 4.07. The molecule has 5 nitrogen and oxygen atoms in total. The van der Waals surface area contributed by atoms with Crippen molar-refractivity contribution >= 4 is 24.2 Å². The molecule has 1 aliphatic rings. The van der Waals surface area contributed by atoms with E-state index in [0.717, 1.165) is 18.2 Å². The van der Waals surface area contributed by atoms with Crippen molar-refractivity contribution in [1.82, 2.24) is 4.90 Å². The van der Waals surface area contributed by atoms with E-state index in [4.69, 9.17) is 0 Å². The highest BCUT2D eigenvalue weighted by molar-refractivity contribution is 5.97. The third-order valence-corrected chi connectivity index (χ3v) is 5.60. The molecule has 1 fully saturated rings. The monoisotopic (exact) mass is 412 g/mol. The van der Waals surface area contributed by atoms with Crippen molar-refractivity contribution in [1.29, 1.82) is 0 Å². The van der Waals surface area contributed by atoms with Gasteiger partial charge in [0.25, 0.3) is 0 Å². The summed E-state index contributed by atoms with van der Waals surface area (Å²) in [5.74, 6) is -3.45. The van der Waals surface area contributed by atoms with Crippen molar-refractivity contribution in [3.05, 3.63) is 78.4 Å². The van der Waals surface area contributed by atoms with Crippen LogP contribution in [0, 0.1) is 23.5 Å². The lowest BCUT2D eigenvalue weighted by Crippen LogP contribution is -2.42. The zero-order valence-electron chi connectivity index (χ0n) is 16.4. The lowest BCUT2D eigenvalue weighted by molar-refractivity contribution is -0.127. The molecule has 0 bridgehead atoms. The first kappa shape index (κ1) is 21.5. The number of nitrogens with zero attached hydrogens (tertiary/aromatic N) is 2. The van der Waals surface area contributed by atoms with Crippen LogP contribution in [0.15, 0.2) is 61.2 Å². The van der Waals surface area contributed by atoms with E-state index < -0.39 is 35.6 Å². The average molecular weight is 412 g/mol. The predicted molar refractivity (Wildman–Crippen MR) is 109 cm³/mol. The van der Waals surface area contributed by atoms with Gasteiger partial charge in [-0.25, -0.2) is 8.78 Å². The molecule has 4 unspecified atom stereocenters. The van der Waals surface area contributed by atoms with Crippen LogP contribution in [0.25, 0.3) is 0 Å². The number of halogens is 2. The van der Waals surface area contributed by atoms with Crippen LogP contribution in [0.4, 0.5) is 14.5 Å². The standard InChI is InChI=1S/C23H22F2N2O3/c1-3-20-22(23(30)26(2)17-7-5-4-6-8-17)18(13-28)21(14-29)27(20)12-15-11-16(24)9-10-19(15)25/h3-11,13-14,18,20-22H,1,12H2,2H3. The Bertz CT molecular complexity index is 951. The van der Waals surface area contributed by atoms with E-state index >= 15 is 0 Å². The number of anilines is 1. The molecule has 1 amide bonds. The summed E-state index contributed by atoms with van der Waals surface area (Å²) < 4.78 is 27.8. The molecule has 2 aromatic carbocycles. The third-order valence-electron chi connectivity index (χ3n) is 5.60. The fourth-order valence-electron chi connectivity index (χ4n) is 4.07. The average Bonchev–Trinajstić information content (AvgIpc) is 3.07. The maximum atomic E-state index is 14.2. The van der Waals surface area contributed by atoms with E-state index in [-0.39, 0.29) is 18.0 Å². The van der Waals surface area contributed by atoms with Crippen LogP contribution in [0.2, 0.25) is 0 Å². The van der Waals surface area contributed by atoms with Crippen molar-refractivity contribution in [2.24, 2.45) is 11.8 Å². The third kappa shape index (κ3) is 3.93. The number of para-hydroxylation sites is 1. The van der Waals surface area contributed by atoms with E-state index in [0.29, 0.717) is 18.3 Å². The highest BCUT2D eigenvalue weighted by Gasteiger charge is 2.51. The van der Waals surface area contributed by atoms with E-state index in [2.05, 4.69) is 6.58 Å². The maximum Gasteiger partial charge on any atom is 0.232 e. The smallest absolute Gasteiger partial charge is 0.232 e. The quantitative estimate of drug-likeness (QED) is 0.518. The predicted octanol–water partition coefficient (Wildman–Crippen LogP) is 3.00. The minimum atomic E-state index is -0.966. The highest BCUT2D eigenvalue weighted by atomic mass is 19.1. The summed E-state index contributed by atoms with van der Waals surface area (Å²) in [7, 11) is 1.59. The van der Waals surface area contributed by atoms with Gasteiger partial charge in [0.15, 0.2) is 0 Å². The first-order valence-electron chi connectivity index (χ1n) is 9.48. The van der Waals surface area contributed by atoms with Crippen LogP contribution in [0.3, 0.4) is 0 Å². The molecule has 1 aliphatic heterocycles. The van der Waals surface area contributed by atoms with Gasteiger partial charge in [-0.15, -0.1) is 6.58 Å². The van der Waals surface area contributed by atoms with Gasteiger partial charge < -0.3 is 14.5 Å². The Morgan fingerprint density at radius 3 is 2.40 bits per heavy atom. The van der Waals surface area contributed by atoms with Crippen molar-refractivity contribution < 1.29 is 23.2 Å². The Morgan fingerprint density at radius 1 is 1.10 bits per heavy atom. The van der Waals surface area contributed by atoms with Crippen molar-refractivity contribution in [3.8, 4) is 0 Å². The summed E-state index contributed by atoms with van der Waals surface area (Å²) in [6.45, 7) is 3.62. The van der Waals surface area contributed by atoms with Crippen molar-refractivity contribution in [2.75, 3.05) is 11.9 Å². The number of rotatable bonds is 7. The minimum Gasteiger partial charge on any atom is -0.315 e. The molecule has 1 saturated heterocycles. The van der Waals surface area contributed by atoms with Gasteiger partial charge in [0.05, 0.1) is 17.9 Å². The molecule has 7 heteroatoms. The van der Waals surface area contributed by atoms with Crippen LogP contribution in [-0.4, -0.2) is 42.5 Å². The second kappa shape index (κ2) is 9.09. The number of hydrogen-bond acceptors (Lipinski definition) is 4. The first-order chi connectivity index (χ1) is 14.4. The summed E-state index contributed by atoms with van der Waals surface area (Å²) >= 11 is 0. The van der Waals surface area contributed by atoms with Crippen LogP contribution in [-0.2, 0) is 20.9 Å². The van der Waals surface area contributed by atoms with E-state index in [1.54, 1.807) is 31.3 Å². The zero-order valence-corrected chi connectivity index (χ0v) is 16.4. The Kier molecular flexibility index (Phi) is 6.52. The lowest BCUT2D eigenvalue weighted by Gasteiger charge is -2.29. The Hall–Kier alpha value is -3.19. The van der Waals surface area contributed by atoms with Gasteiger partial charge in [0.1, 0.15) is 24.2 Å². The molecule has 0 N–H and O–H groups in total. The summed E-state index contributed by atoms with van der Waals surface area (Å²) in [4.78, 5) is 40.0. The van der Waals surface area contributed by atoms with E-state index in [1.807, 2.05) is 6.07 Å². The maximum absolute atomic E-state index is 14.2. The van der Waals surface area contributed by atoms with Crippen molar-refractivity contribution in [3.63, 3.8) is 0 Å². The summed E-state index contributed by atoms with van der Waals surface area (Å²) in [6.07, 6.45) is 2.63. The van der Waals surface area contributed by atoms with Gasteiger partial charge in [-0.1, -0.05) is 24.3 Å². The van der Waals surface area contributed by atoms with Crippen LogP contribution in [0.5, 0.6) is 0 Å². The molecular weight excluding hydrogens is 390 g/mol. The molecule has 0 aliphatic carbocycles. The first-order valence-corrected chi connectivity index (χ1v) is 9.48. The number of carbonyl (C=O) groups is 3. The number of carbonyl (C=O) groups excluding carboxylic acids is 3. The highest BCUT2D eigenvalue weighted by Crippen LogP contribution is 2.37. The molecule has 0 aromatic heterocycles. The number of hydrogen-bond donors (Lipinski definition) is 0. The Morgan fingerprint density at radius 2 is 1.80 bits per heavy atom. The molecule has 0 radical (unpaired) electrons. The number of amides is 1. The number of benzene rings is 2. The topological polar surface area (TPSA) is 57.7 Å². The second-order valence-electron chi connectivity index (χ2n) is 7.23. The molecular formula is C23H22F2N2O3. The minimum absolute atomic E-state index is 0.0304. The Labute approximate surface area is 173 Å². The molecule has 30 heavy (non-hydrogen) atoms. The van der Waals surface area contributed by atoms with E-state index in [1.165, 1.54) is 15.9 Å². The van der Waals surface area contributed by atoms with E-state index in [9.17, 15) is 23.2 Å². The summed E-state index contributed by atoms with van der Waals surface area (Å²) in [5.41, 5.74) is 0.662. The number of aldehydes is 2. The fraction of sp³-hybridized carbons (Fsp3) is 0.261. The van der Waals surface area contributed by atoms with Gasteiger partial charge in [-0.05, 0) is 30.3 Å². The lowest BCUT2D eigenvalue weighted by atomic mass is 9.87. The normalized spacial score (nSPS) is 23.7. The van der Waals surface area contributed by atoms with Gasteiger partial charge >= 0.3 is 0 Å². The van der Waals surface area contributed by atoms with Crippen molar-refractivity contribution in [2.45, 2.75) is 18.6 Å². The molecule has 2 aromatic rings. The summed E-state index contributed by atoms with van der Waals surface area (Å²) in [6, 6.07) is 10.2. The van der Waals surface area contributed by atoms with Gasteiger partial charge in [0, 0.05) is 30.9 Å². The van der Waals surface area contributed by atoms with Gasteiger partial charge in [-0.2, -0.15) is 0 Å². The summed E-state index contributed by atoms with van der Waals surface area (Å²) in [5, 5.41) is 0. The molecule has 4 atom stereocenters. The van der Waals surface area contributed by atoms with Crippen LogP contribution in [0.1, 0.15) is 5.56 Å². The molecule has 156 valence electrons. The zero-order chi connectivity index (χ0) is 21.8. The van der Waals surface area contributed by atoms with Crippen LogP contribution < -0.4 is 4.90 Å². The molecule has 1 heterocycles. The Balaban J connectivity index is 1.98. The van der Waals surface area contributed by atoms with Crippen LogP contribution >= 0.6 is 0 Å². The second-order valence-corrected chi connectivity index (χ2v) is 7.23. The molecule has 0 spiro atoms. The number of likely N-dealkylation sites (tertiary alicyclic amines) is 1. The van der Waals surface area contributed by atoms with Gasteiger partial charge in [-0.3, -0.25) is 9.69 Å². The molecule has 3 rings (SSSR count).